The molecule has 2 N–H and O–H groups in total. The van der Waals surface area contributed by atoms with Gasteiger partial charge >= 0.3 is 0 Å². The van der Waals surface area contributed by atoms with Crippen LogP contribution in [0.25, 0.3) is 5.69 Å². The van der Waals surface area contributed by atoms with Gasteiger partial charge in [0.1, 0.15) is 0 Å². The van der Waals surface area contributed by atoms with Gasteiger partial charge in [-0.25, -0.2) is 4.68 Å². The third-order valence-electron chi connectivity index (χ3n) is 3.14. The van der Waals surface area contributed by atoms with Crippen molar-refractivity contribution in [2.45, 2.75) is 27.2 Å². The maximum absolute atomic E-state index is 11.0. The molecular formula is C12H15N5O2. The van der Waals surface area contributed by atoms with Crippen LogP contribution in [0.15, 0.2) is 12.1 Å². The topological polar surface area (TPSA) is 99.9 Å². The Hall–Kier alpha value is -2.44. The molecule has 7 nitrogen and oxygen atoms in total. The molecule has 7 heteroatoms. The summed E-state index contributed by atoms with van der Waals surface area (Å²) in [5.74, 6) is 0.354. The molecule has 0 atom stereocenters. The highest BCUT2D eigenvalue weighted by molar-refractivity contribution is 5.58. The minimum Gasteiger partial charge on any atom is -0.381 e. The molecule has 0 unspecified atom stereocenters. The molecule has 0 bridgehead atoms. The predicted molar refractivity (Wildman–Crippen MR) is 71.3 cm³/mol. The van der Waals surface area contributed by atoms with Gasteiger partial charge in [-0.15, -0.1) is 5.10 Å². The molecule has 0 aliphatic heterocycles. The molecule has 0 aliphatic carbocycles. The zero-order chi connectivity index (χ0) is 14.2. The van der Waals surface area contributed by atoms with E-state index in [0.717, 1.165) is 11.3 Å². The summed E-state index contributed by atoms with van der Waals surface area (Å²) in [6, 6.07) is 3.21. The van der Waals surface area contributed by atoms with Gasteiger partial charge in [0.15, 0.2) is 5.82 Å². The number of nitrogen functional groups attached to an aromatic ring is 1. The van der Waals surface area contributed by atoms with E-state index < -0.39 is 4.92 Å². The van der Waals surface area contributed by atoms with Crippen LogP contribution in [0.1, 0.15) is 23.7 Å². The van der Waals surface area contributed by atoms with Crippen LogP contribution in [0.2, 0.25) is 0 Å². The lowest BCUT2D eigenvalue weighted by molar-refractivity contribution is -0.385. The quantitative estimate of drug-likeness (QED) is 0.672. The van der Waals surface area contributed by atoms with Crippen molar-refractivity contribution < 1.29 is 4.92 Å². The van der Waals surface area contributed by atoms with E-state index in [1.807, 2.05) is 13.8 Å². The molecule has 0 saturated heterocycles. The first-order chi connectivity index (χ1) is 8.97. The average molecular weight is 261 g/mol. The zero-order valence-electron chi connectivity index (χ0n) is 11.0. The fourth-order valence-corrected chi connectivity index (χ4v) is 2.17. The minimum absolute atomic E-state index is 0.0664. The Bertz CT molecular complexity index is 648. The second-order valence-corrected chi connectivity index (χ2v) is 4.32. The van der Waals surface area contributed by atoms with Crippen molar-refractivity contribution in [1.29, 1.82) is 0 Å². The van der Waals surface area contributed by atoms with Gasteiger partial charge in [-0.2, -0.15) is 0 Å². The Morgan fingerprint density at radius 1 is 1.42 bits per heavy atom. The van der Waals surface area contributed by atoms with Gasteiger partial charge in [0.05, 0.1) is 21.9 Å². The number of anilines is 1. The maximum atomic E-state index is 11.0. The van der Waals surface area contributed by atoms with Crippen LogP contribution in [-0.4, -0.2) is 19.9 Å². The molecule has 1 heterocycles. The number of aromatic nitrogens is 3. The van der Waals surface area contributed by atoms with Crippen molar-refractivity contribution in [3.8, 4) is 5.69 Å². The van der Waals surface area contributed by atoms with Crippen LogP contribution in [-0.2, 0) is 6.42 Å². The monoisotopic (exact) mass is 261 g/mol. The van der Waals surface area contributed by atoms with Gasteiger partial charge in [-0.3, -0.25) is 10.1 Å². The molecule has 0 saturated carbocycles. The Morgan fingerprint density at radius 2 is 2.11 bits per heavy atom. The molecule has 19 heavy (non-hydrogen) atoms. The summed E-state index contributed by atoms with van der Waals surface area (Å²) in [7, 11) is 0. The lowest BCUT2D eigenvalue weighted by atomic mass is 10.1. The van der Waals surface area contributed by atoms with E-state index in [2.05, 4.69) is 10.3 Å². The van der Waals surface area contributed by atoms with Crippen LogP contribution in [0.3, 0.4) is 0 Å². The van der Waals surface area contributed by atoms with Crippen molar-refractivity contribution in [1.82, 2.24) is 15.0 Å². The molecule has 0 spiro atoms. The molecular weight excluding hydrogens is 246 g/mol. The van der Waals surface area contributed by atoms with Crippen LogP contribution < -0.4 is 5.73 Å². The number of nitrogens with zero attached hydrogens (tertiary/aromatic N) is 4. The van der Waals surface area contributed by atoms with Crippen LogP contribution in [0.5, 0.6) is 0 Å². The summed E-state index contributed by atoms with van der Waals surface area (Å²) in [6.45, 7) is 5.52. The number of benzene rings is 1. The van der Waals surface area contributed by atoms with Crippen LogP contribution >= 0.6 is 0 Å². The average Bonchev–Trinajstić information content (AvgIpc) is 2.70. The molecule has 0 radical (unpaired) electrons. The minimum atomic E-state index is -0.399. The first-order valence-corrected chi connectivity index (χ1v) is 5.92. The van der Waals surface area contributed by atoms with E-state index >= 15 is 0 Å². The number of nitro benzene ring substituents is 1. The van der Waals surface area contributed by atoms with E-state index in [1.54, 1.807) is 17.7 Å². The number of rotatable bonds is 3. The Kier molecular flexibility index (Phi) is 3.20. The number of hydrogen-bond donors (Lipinski definition) is 1. The summed E-state index contributed by atoms with van der Waals surface area (Å²) in [6.07, 6.45) is 0.653. The second-order valence-electron chi connectivity index (χ2n) is 4.32. The van der Waals surface area contributed by atoms with Gasteiger partial charge in [0, 0.05) is 6.07 Å². The van der Waals surface area contributed by atoms with Gasteiger partial charge in [-0.1, -0.05) is 18.2 Å². The first kappa shape index (κ1) is 13.0. The second kappa shape index (κ2) is 4.68. The van der Waals surface area contributed by atoms with E-state index in [-0.39, 0.29) is 5.69 Å². The Morgan fingerprint density at radius 3 is 2.68 bits per heavy atom. The largest absolute Gasteiger partial charge is 0.381 e. The van der Waals surface area contributed by atoms with Crippen LogP contribution in [0.4, 0.5) is 11.5 Å². The van der Waals surface area contributed by atoms with Crippen LogP contribution in [0, 0.1) is 24.0 Å². The van der Waals surface area contributed by atoms with Crippen molar-refractivity contribution in [2.75, 3.05) is 5.73 Å². The van der Waals surface area contributed by atoms with Crippen molar-refractivity contribution in [3.05, 3.63) is 39.1 Å². The predicted octanol–water partition coefficient (Wildman–Crippen LogP) is 1.94. The van der Waals surface area contributed by atoms with Gasteiger partial charge in [0.2, 0.25) is 0 Å². The number of nitro groups is 1. The summed E-state index contributed by atoms with van der Waals surface area (Å²) in [4.78, 5) is 10.6. The SMILES string of the molecule is CCc1c(N)nnn1-c1c(C)ccc([N+](=O)[O-])c1C. The summed E-state index contributed by atoms with van der Waals surface area (Å²) >= 11 is 0. The lowest BCUT2D eigenvalue weighted by Crippen LogP contribution is -2.08. The highest BCUT2D eigenvalue weighted by Gasteiger charge is 2.20. The highest BCUT2D eigenvalue weighted by Crippen LogP contribution is 2.28. The molecule has 2 rings (SSSR count). The maximum Gasteiger partial charge on any atom is 0.274 e. The molecule has 100 valence electrons. The van der Waals surface area contributed by atoms with Gasteiger partial charge < -0.3 is 5.73 Å². The van der Waals surface area contributed by atoms with Gasteiger partial charge in [0.25, 0.3) is 5.69 Å². The normalized spacial score (nSPS) is 10.7. The molecule has 1 aromatic heterocycles. The fraction of sp³-hybridized carbons (Fsp3) is 0.333. The summed E-state index contributed by atoms with van der Waals surface area (Å²) in [5, 5.41) is 18.9. The Labute approximate surface area is 110 Å². The Balaban J connectivity index is 2.74. The van der Waals surface area contributed by atoms with E-state index in [9.17, 15) is 10.1 Å². The summed E-state index contributed by atoms with van der Waals surface area (Å²) < 4.78 is 1.59. The first-order valence-electron chi connectivity index (χ1n) is 5.92. The van der Waals surface area contributed by atoms with E-state index in [0.29, 0.717) is 23.5 Å². The fourth-order valence-electron chi connectivity index (χ4n) is 2.17. The van der Waals surface area contributed by atoms with Crippen molar-refractivity contribution >= 4 is 11.5 Å². The lowest BCUT2D eigenvalue weighted by Gasteiger charge is -2.11. The highest BCUT2D eigenvalue weighted by atomic mass is 16.6. The molecule has 2 aromatic rings. The number of nitrogens with two attached hydrogens (primary N) is 1. The number of aryl methyl sites for hydroxylation is 1. The van der Waals surface area contributed by atoms with Crippen molar-refractivity contribution in [3.63, 3.8) is 0 Å². The molecule has 0 aliphatic rings. The van der Waals surface area contributed by atoms with Gasteiger partial charge in [-0.05, 0) is 25.8 Å². The standard InChI is InChI=1S/C12H15N5O2/c1-4-9-12(13)14-15-16(9)11-7(2)5-6-10(8(11)3)17(18)19/h5-6H,4,13H2,1-3H3. The molecule has 1 aromatic carbocycles. The summed E-state index contributed by atoms with van der Waals surface area (Å²) in [5.41, 5.74) is 8.71. The third-order valence-corrected chi connectivity index (χ3v) is 3.14. The van der Waals surface area contributed by atoms with E-state index in [4.69, 9.17) is 5.73 Å². The van der Waals surface area contributed by atoms with E-state index in [1.165, 1.54) is 6.07 Å². The molecule has 0 amide bonds. The third kappa shape index (κ3) is 2.03. The smallest absolute Gasteiger partial charge is 0.274 e. The van der Waals surface area contributed by atoms with Crippen molar-refractivity contribution in [2.24, 2.45) is 0 Å². The molecule has 0 fully saturated rings. The zero-order valence-corrected chi connectivity index (χ0v) is 11.0. The number of hydrogen-bond acceptors (Lipinski definition) is 5.